The second-order valence-electron chi connectivity index (χ2n) is 4.04. The van der Waals surface area contributed by atoms with Crippen LogP contribution < -0.4 is 0 Å². The lowest BCUT2D eigenvalue weighted by atomic mass is 10.1. The molecule has 0 bridgehead atoms. The van der Waals surface area contributed by atoms with E-state index in [1.807, 2.05) is 5.38 Å². The number of halogens is 3. The monoisotopic (exact) mass is 330 g/mol. The molecule has 96 valence electrons. The molecule has 0 aliphatic heterocycles. The quantitative estimate of drug-likeness (QED) is 0.670. The average Bonchev–Trinajstić information content (AvgIpc) is 2.82. The molecule has 0 nitrogen and oxygen atoms in total. The van der Waals surface area contributed by atoms with Crippen LogP contribution in [0.3, 0.4) is 0 Å². The lowest BCUT2D eigenvalue weighted by molar-refractivity contribution is 0.554. The summed E-state index contributed by atoms with van der Waals surface area (Å²) in [4.78, 5) is 1.11. The molecule has 1 aromatic heterocycles. The summed E-state index contributed by atoms with van der Waals surface area (Å²) in [6.07, 6.45) is 1.26. The molecule has 4 heteroatoms. The molecule has 18 heavy (non-hydrogen) atoms. The predicted octanol–water partition coefficient (Wildman–Crippen LogP) is 5.27. The Bertz CT molecular complexity index is 516. The van der Waals surface area contributed by atoms with E-state index in [4.69, 9.17) is 0 Å². The summed E-state index contributed by atoms with van der Waals surface area (Å²) in [5.74, 6) is -0.955. The van der Waals surface area contributed by atoms with Crippen LogP contribution in [0, 0.1) is 11.6 Å². The van der Waals surface area contributed by atoms with Crippen molar-refractivity contribution in [2.45, 2.75) is 24.6 Å². The van der Waals surface area contributed by atoms with Gasteiger partial charge < -0.3 is 0 Å². The first-order valence-corrected chi connectivity index (χ1v) is 7.56. The molecular weight excluding hydrogens is 318 g/mol. The Hall–Kier alpha value is -0.740. The number of hydrogen-bond acceptors (Lipinski definition) is 1. The summed E-state index contributed by atoms with van der Waals surface area (Å²) in [7, 11) is 0. The zero-order valence-electron chi connectivity index (χ0n) is 9.92. The normalized spacial score (nSPS) is 12.7. The third-order valence-corrected chi connectivity index (χ3v) is 5.05. The van der Waals surface area contributed by atoms with E-state index in [2.05, 4.69) is 28.9 Å². The second kappa shape index (κ2) is 5.93. The third-order valence-electron chi connectivity index (χ3n) is 2.89. The molecule has 0 saturated carbocycles. The van der Waals surface area contributed by atoms with E-state index in [1.165, 1.54) is 23.8 Å². The van der Waals surface area contributed by atoms with Crippen LogP contribution in [0.25, 0.3) is 0 Å². The third kappa shape index (κ3) is 2.81. The predicted molar refractivity (Wildman–Crippen MR) is 75.4 cm³/mol. The fraction of sp³-hybridized carbons (Fsp3) is 0.286. The maximum absolute atomic E-state index is 13.6. The minimum atomic E-state index is -0.478. The molecule has 1 atom stereocenters. The smallest absolute Gasteiger partial charge is 0.129 e. The van der Waals surface area contributed by atoms with Crippen LogP contribution in [0.15, 0.2) is 29.6 Å². The fourth-order valence-corrected chi connectivity index (χ4v) is 3.83. The van der Waals surface area contributed by atoms with Gasteiger partial charge >= 0.3 is 0 Å². The number of hydrogen-bond donors (Lipinski definition) is 0. The van der Waals surface area contributed by atoms with Gasteiger partial charge in [-0.25, -0.2) is 8.78 Å². The van der Waals surface area contributed by atoms with Gasteiger partial charge in [0.05, 0.1) is 4.83 Å². The molecule has 0 spiro atoms. The van der Waals surface area contributed by atoms with Crippen molar-refractivity contribution >= 4 is 27.3 Å². The molecule has 1 unspecified atom stereocenters. The zero-order chi connectivity index (χ0) is 13.1. The Morgan fingerprint density at radius 2 is 1.89 bits per heavy atom. The summed E-state index contributed by atoms with van der Waals surface area (Å²) < 4.78 is 27.2. The number of thiophene rings is 1. The van der Waals surface area contributed by atoms with Gasteiger partial charge in [0.15, 0.2) is 0 Å². The van der Waals surface area contributed by atoms with E-state index in [9.17, 15) is 8.78 Å². The van der Waals surface area contributed by atoms with Crippen LogP contribution >= 0.6 is 27.3 Å². The van der Waals surface area contributed by atoms with Crippen molar-refractivity contribution in [3.8, 4) is 0 Å². The molecule has 0 saturated heterocycles. The van der Waals surface area contributed by atoms with E-state index >= 15 is 0 Å². The first-order valence-electron chi connectivity index (χ1n) is 5.76. The fourth-order valence-electron chi connectivity index (χ4n) is 1.91. The van der Waals surface area contributed by atoms with E-state index in [1.54, 1.807) is 11.3 Å². The maximum atomic E-state index is 13.6. The SMILES string of the molecule is CCc1ccsc1C(Br)Cc1c(F)cccc1F. The van der Waals surface area contributed by atoms with Gasteiger partial charge in [-0.05, 0) is 42.0 Å². The van der Waals surface area contributed by atoms with Gasteiger partial charge in [-0.2, -0.15) is 0 Å². The van der Waals surface area contributed by atoms with Gasteiger partial charge in [0.25, 0.3) is 0 Å². The van der Waals surface area contributed by atoms with Gasteiger partial charge in [0.1, 0.15) is 11.6 Å². The van der Waals surface area contributed by atoms with Gasteiger partial charge in [0, 0.05) is 10.4 Å². The first-order chi connectivity index (χ1) is 8.63. The van der Waals surface area contributed by atoms with E-state index in [0.29, 0.717) is 6.42 Å². The molecule has 1 aromatic carbocycles. The van der Waals surface area contributed by atoms with Crippen molar-refractivity contribution in [2.24, 2.45) is 0 Å². The maximum Gasteiger partial charge on any atom is 0.129 e. The highest BCUT2D eigenvalue weighted by Crippen LogP contribution is 2.35. The molecular formula is C14H13BrF2S. The summed E-state index contributed by atoms with van der Waals surface area (Å²) >= 11 is 5.16. The number of benzene rings is 1. The molecule has 2 rings (SSSR count). The van der Waals surface area contributed by atoms with Gasteiger partial charge in [-0.15, -0.1) is 11.3 Å². The van der Waals surface area contributed by atoms with E-state index in [0.717, 1.165) is 11.3 Å². The van der Waals surface area contributed by atoms with Crippen LogP contribution in [0.4, 0.5) is 8.78 Å². The summed E-state index contributed by atoms with van der Waals surface area (Å²) in [5, 5.41) is 2.01. The molecule has 0 fully saturated rings. The second-order valence-corrected chi connectivity index (χ2v) is 6.09. The molecule has 2 aromatic rings. The Morgan fingerprint density at radius 1 is 1.22 bits per heavy atom. The minimum Gasteiger partial charge on any atom is -0.207 e. The van der Waals surface area contributed by atoms with Crippen LogP contribution in [-0.4, -0.2) is 0 Å². The summed E-state index contributed by atoms with van der Waals surface area (Å²) in [5.41, 5.74) is 1.38. The highest BCUT2D eigenvalue weighted by Gasteiger charge is 2.18. The standard InChI is InChI=1S/C14H13BrF2S/c1-2-9-6-7-18-14(9)11(15)8-10-12(16)4-3-5-13(10)17/h3-7,11H,2,8H2,1H3. The Labute approximate surface area is 118 Å². The molecule has 0 N–H and O–H groups in total. The minimum absolute atomic E-state index is 0.0427. The highest BCUT2D eigenvalue weighted by atomic mass is 79.9. The molecule has 0 amide bonds. The largest absolute Gasteiger partial charge is 0.207 e. The van der Waals surface area contributed by atoms with E-state index in [-0.39, 0.29) is 10.4 Å². The van der Waals surface area contributed by atoms with Crippen molar-refractivity contribution in [1.29, 1.82) is 0 Å². The van der Waals surface area contributed by atoms with E-state index < -0.39 is 11.6 Å². The average molecular weight is 331 g/mol. The van der Waals surface area contributed by atoms with Crippen LogP contribution in [-0.2, 0) is 12.8 Å². The lowest BCUT2D eigenvalue weighted by Gasteiger charge is -2.11. The number of aryl methyl sites for hydroxylation is 1. The Balaban J connectivity index is 2.24. The summed E-state index contributed by atoms with van der Waals surface area (Å²) in [6.45, 7) is 2.08. The summed E-state index contributed by atoms with van der Waals surface area (Å²) in [6, 6.07) is 6.05. The zero-order valence-corrected chi connectivity index (χ0v) is 12.3. The van der Waals surface area contributed by atoms with Crippen LogP contribution in [0.5, 0.6) is 0 Å². The Morgan fingerprint density at radius 3 is 2.50 bits per heavy atom. The van der Waals surface area contributed by atoms with Crippen LogP contribution in [0.1, 0.15) is 27.8 Å². The first kappa shape index (κ1) is 13.7. The molecule has 0 radical (unpaired) electrons. The topological polar surface area (TPSA) is 0 Å². The number of rotatable bonds is 4. The highest BCUT2D eigenvalue weighted by molar-refractivity contribution is 9.09. The lowest BCUT2D eigenvalue weighted by Crippen LogP contribution is -2.01. The van der Waals surface area contributed by atoms with Crippen molar-refractivity contribution in [3.63, 3.8) is 0 Å². The molecule has 0 aliphatic rings. The van der Waals surface area contributed by atoms with Gasteiger partial charge in [-0.3, -0.25) is 0 Å². The number of alkyl halides is 1. The van der Waals surface area contributed by atoms with Crippen molar-refractivity contribution in [2.75, 3.05) is 0 Å². The van der Waals surface area contributed by atoms with Gasteiger partial charge in [-0.1, -0.05) is 28.9 Å². The van der Waals surface area contributed by atoms with Crippen molar-refractivity contribution in [3.05, 3.63) is 57.3 Å². The Kier molecular flexibility index (Phi) is 4.51. The molecule has 0 aliphatic carbocycles. The van der Waals surface area contributed by atoms with Crippen molar-refractivity contribution in [1.82, 2.24) is 0 Å². The molecule has 1 heterocycles. The van der Waals surface area contributed by atoms with Crippen molar-refractivity contribution < 1.29 is 8.78 Å². The van der Waals surface area contributed by atoms with Crippen LogP contribution in [0.2, 0.25) is 0 Å². The van der Waals surface area contributed by atoms with Gasteiger partial charge in [0.2, 0.25) is 0 Å².